The summed E-state index contributed by atoms with van der Waals surface area (Å²) in [6, 6.07) is 7.55. The molecular weight excluding hydrogens is 286 g/mol. The molecule has 0 spiro atoms. The van der Waals surface area contributed by atoms with E-state index >= 15 is 0 Å². The Morgan fingerprint density at radius 2 is 2.19 bits per heavy atom. The van der Waals surface area contributed by atoms with Crippen LogP contribution >= 0.6 is 11.5 Å². The van der Waals surface area contributed by atoms with Gasteiger partial charge in [-0.3, -0.25) is 4.79 Å². The van der Waals surface area contributed by atoms with Crippen molar-refractivity contribution in [3.05, 3.63) is 46.5 Å². The van der Waals surface area contributed by atoms with Gasteiger partial charge in [0.1, 0.15) is 4.88 Å². The standard InChI is InChI=1S/C15H15N3O2S/c1-11(17-15(20)14-10-16-18-21-14)13-7-5-12(6-8-13)4-2-3-9-19/h5-8,10-11,19H,3,9H2,1H3,(H,17,20). The van der Waals surface area contributed by atoms with Gasteiger partial charge in [0.15, 0.2) is 0 Å². The van der Waals surface area contributed by atoms with Gasteiger partial charge >= 0.3 is 0 Å². The number of carbonyl (C=O) groups is 1. The lowest BCUT2D eigenvalue weighted by Gasteiger charge is -2.13. The average Bonchev–Trinajstić information content (AvgIpc) is 3.02. The molecule has 1 heterocycles. The molecule has 0 fully saturated rings. The highest BCUT2D eigenvalue weighted by molar-refractivity contribution is 7.07. The van der Waals surface area contributed by atoms with Crippen molar-refractivity contribution in [2.75, 3.05) is 6.61 Å². The molecule has 0 aliphatic carbocycles. The highest BCUT2D eigenvalue weighted by Gasteiger charge is 2.13. The largest absolute Gasteiger partial charge is 0.395 e. The molecule has 5 nitrogen and oxygen atoms in total. The van der Waals surface area contributed by atoms with Gasteiger partial charge in [-0.05, 0) is 36.2 Å². The summed E-state index contributed by atoms with van der Waals surface area (Å²) in [7, 11) is 0. The number of hydrogen-bond acceptors (Lipinski definition) is 5. The number of hydrogen-bond donors (Lipinski definition) is 2. The van der Waals surface area contributed by atoms with E-state index in [1.165, 1.54) is 6.20 Å². The van der Waals surface area contributed by atoms with Crippen LogP contribution in [0.4, 0.5) is 0 Å². The quantitative estimate of drug-likeness (QED) is 0.844. The average molecular weight is 301 g/mol. The van der Waals surface area contributed by atoms with Crippen LogP contribution in [-0.2, 0) is 0 Å². The third-order valence-corrected chi connectivity index (χ3v) is 3.48. The molecule has 1 aromatic carbocycles. The van der Waals surface area contributed by atoms with Gasteiger partial charge in [-0.1, -0.05) is 28.5 Å². The van der Waals surface area contributed by atoms with Crippen LogP contribution in [-0.4, -0.2) is 27.2 Å². The number of benzene rings is 1. The topological polar surface area (TPSA) is 75.1 Å². The van der Waals surface area contributed by atoms with Crippen LogP contribution in [0.1, 0.15) is 40.2 Å². The fourth-order valence-corrected chi connectivity index (χ4v) is 2.11. The van der Waals surface area contributed by atoms with Crippen molar-refractivity contribution < 1.29 is 9.90 Å². The van der Waals surface area contributed by atoms with Gasteiger partial charge in [0, 0.05) is 12.0 Å². The second-order valence-electron chi connectivity index (χ2n) is 4.37. The summed E-state index contributed by atoms with van der Waals surface area (Å²) in [5.74, 6) is 5.65. The minimum absolute atomic E-state index is 0.0700. The summed E-state index contributed by atoms with van der Waals surface area (Å²) in [5, 5.41) is 15.2. The molecule has 2 N–H and O–H groups in total. The zero-order valence-electron chi connectivity index (χ0n) is 11.5. The number of aliphatic hydroxyl groups excluding tert-OH is 1. The molecule has 1 amide bonds. The van der Waals surface area contributed by atoms with Crippen LogP contribution in [0.3, 0.4) is 0 Å². The molecule has 0 aliphatic rings. The SMILES string of the molecule is CC(NC(=O)c1cnns1)c1ccc(C#CCCO)cc1. The van der Waals surface area contributed by atoms with E-state index in [0.717, 1.165) is 22.7 Å². The van der Waals surface area contributed by atoms with Crippen molar-refractivity contribution in [2.24, 2.45) is 0 Å². The van der Waals surface area contributed by atoms with Crippen molar-refractivity contribution in [3.63, 3.8) is 0 Å². The predicted molar refractivity (Wildman–Crippen MR) is 80.8 cm³/mol. The highest BCUT2D eigenvalue weighted by atomic mass is 32.1. The van der Waals surface area contributed by atoms with E-state index in [1.54, 1.807) is 0 Å². The Balaban J connectivity index is 1.98. The highest BCUT2D eigenvalue weighted by Crippen LogP contribution is 2.14. The maximum absolute atomic E-state index is 11.9. The van der Waals surface area contributed by atoms with Crippen LogP contribution < -0.4 is 5.32 Å². The molecule has 2 aromatic rings. The lowest BCUT2D eigenvalue weighted by Crippen LogP contribution is -2.25. The smallest absolute Gasteiger partial charge is 0.265 e. The zero-order chi connectivity index (χ0) is 15.1. The van der Waals surface area contributed by atoms with E-state index in [2.05, 4.69) is 26.7 Å². The Bertz CT molecular complexity index is 642. The maximum Gasteiger partial charge on any atom is 0.265 e. The Kier molecular flexibility index (Phi) is 5.43. The Morgan fingerprint density at radius 3 is 2.81 bits per heavy atom. The van der Waals surface area contributed by atoms with Gasteiger partial charge in [0.25, 0.3) is 5.91 Å². The van der Waals surface area contributed by atoms with Crippen LogP contribution in [0.15, 0.2) is 30.5 Å². The number of rotatable bonds is 4. The summed E-state index contributed by atoms with van der Waals surface area (Å²) in [5.41, 5.74) is 1.88. The van der Waals surface area contributed by atoms with E-state index in [9.17, 15) is 4.79 Å². The maximum atomic E-state index is 11.9. The van der Waals surface area contributed by atoms with Gasteiger partial charge in [0.2, 0.25) is 0 Å². The number of aliphatic hydroxyl groups is 1. The van der Waals surface area contributed by atoms with Crippen LogP contribution in [0.5, 0.6) is 0 Å². The first-order valence-corrected chi connectivity index (χ1v) is 7.26. The molecule has 21 heavy (non-hydrogen) atoms. The number of nitrogens with zero attached hydrogens (tertiary/aromatic N) is 2. The molecule has 0 saturated heterocycles. The summed E-state index contributed by atoms with van der Waals surface area (Å²) >= 11 is 1.07. The normalized spacial score (nSPS) is 11.3. The minimum atomic E-state index is -0.177. The summed E-state index contributed by atoms with van der Waals surface area (Å²) in [6.45, 7) is 1.99. The van der Waals surface area contributed by atoms with E-state index in [0.29, 0.717) is 11.3 Å². The van der Waals surface area contributed by atoms with Gasteiger partial charge in [-0.15, -0.1) is 5.10 Å². The second kappa shape index (κ2) is 7.53. The van der Waals surface area contributed by atoms with Crippen LogP contribution in [0, 0.1) is 11.8 Å². The van der Waals surface area contributed by atoms with Gasteiger partial charge in [0.05, 0.1) is 18.8 Å². The predicted octanol–water partition coefficient (Wildman–Crippen LogP) is 1.76. The molecule has 1 atom stereocenters. The molecule has 1 unspecified atom stereocenters. The van der Waals surface area contributed by atoms with Gasteiger partial charge in [-0.25, -0.2) is 0 Å². The molecule has 108 valence electrons. The van der Waals surface area contributed by atoms with Crippen molar-refractivity contribution in [2.45, 2.75) is 19.4 Å². The Labute approximate surface area is 127 Å². The second-order valence-corrected chi connectivity index (χ2v) is 5.16. The lowest BCUT2D eigenvalue weighted by molar-refractivity contribution is 0.0944. The van der Waals surface area contributed by atoms with Crippen LogP contribution in [0.25, 0.3) is 0 Å². The van der Waals surface area contributed by atoms with Crippen molar-refractivity contribution in [3.8, 4) is 11.8 Å². The fourth-order valence-electron chi connectivity index (χ4n) is 1.69. The first-order chi connectivity index (χ1) is 10.2. The van der Waals surface area contributed by atoms with E-state index in [4.69, 9.17) is 5.11 Å². The first-order valence-electron chi connectivity index (χ1n) is 6.48. The van der Waals surface area contributed by atoms with E-state index < -0.39 is 0 Å². The van der Waals surface area contributed by atoms with Crippen LogP contribution in [0.2, 0.25) is 0 Å². The number of amides is 1. The fraction of sp³-hybridized carbons (Fsp3) is 0.267. The van der Waals surface area contributed by atoms with Crippen molar-refractivity contribution in [1.82, 2.24) is 14.9 Å². The first kappa shape index (κ1) is 15.2. The van der Waals surface area contributed by atoms with Gasteiger partial charge < -0.3 is 10.4 Å². The van der Waals surface area contributed by atoms with Crippen molar-refractivity contribution in [1.29, 1.82) is 0 Å². The lowest BCUT2D eigenvalue weighted by atomic mass is 10.1. The van der Waals surface area contributed by atoms with Gasteiger partial charge in [-0.2, -0.15) is 0 Å². The zero-order valence-corrected chi connectivity index (χ0v) is 12.4. The molecule has 0 radical (unpaired) electrons. The van der Waals surface area contributed by atoms with E-state index in [-0.39, 0.29) is 18.6 Å². The molecule has 0 aliphatic heterocycles. The molecule has 1 aromatic heterocycles. The Hall–Kier alpha value is -2.23. The number of aromatic nitrogens is 2. The molecule has 6 heteroatoms. The van der Waals surface area contributed by atoms with Crippen molar-refractivity contribution >= 4 is 17.4 Å². The number of nitrogens with one attached hydrogen (secondary N) is 1. The molecular formula is C15H15N3O2S. The molecule has 0 saturated carbocycles. The minimum Gasteiger partial charge on any atom is -0.395 e. The molecule has 2 rings (SSSR count). The molecule has 0 bridgehead atoms. The third-order valence-electron chi connectivity index (χ3n) is 2.81. The summed E-state index contributed by atoms with van der Waals surface area (Å²) in [6.07, 6.45) is 1.92. The summed E-state index contributed by atoms with van der Waals surface area (Å²) < 4.78 is 3.67. The Morgan fingerprint density at radius 1 is 1.43 bits per heavy atom. The monoisotopic (exact) mass is 301 g/mol. The van der Waals surface area contributed by atoms with E-state index in [1.807, 2.05) is 31.2 Å². The summed E-state index contributed by atoms with van der Waals surface area (Å²) in [4.78, 5) is 12.4. The number of carbonyl (C=O) groups excluding carboxylic acids is 1. The third kappa shape index (κ3) is 4.38.